The standard InChI is InChI=1S/C4H10O2.C4H10O.C3H8O3/c1-2-3-4(5)6;1-3-5-4-2;4-1-3(6)2-5/h4-6H,2-3H2,1H3;3-4H2,1-2H3;3-6H,1-2H2. The maximum atomic E-state index is 8.17. The van der Waals surface area contributed by atoms with Gasteiger partial charge in [0.25, 0.3) is 0 Å². The van der Waals surface area contributed by atoms with Crippen LogP contribution in [0.5, 0.6) is 0 Å². The highest BCUT2D eigenvalue weighted by atomic mass is 16.5. The first-order chi connectivity index (χ1) is 7.99. The molecule has 0 aliphatic rings. The van der Waals surface area contributed by atoms with E-state index in [4.69, 9.17) is 30.3 Å². The smallest absolute Gasteiger partial charge is 0.151 e. The van der Waals surface area contributed by atoms with Gasteiger partial charge in [-0.15, -0.1) is 0 Å². The number of hydrogen-bond acceptors (Lipinski definition) is 6. The van der Waals surface area contributed by atoms with Crippen LogP contribution in [-0.2, 0) is 4.74 Å². The van der Waals surface area contributed by atoms with Crippen LogP contribution in [0.4, 0.5) is 0 Å². The van der Waals surface area contributed by atoms with Gasteiger partial charge in [-0.2, -0.15) is 0 Å². The fourth-order valence-corrected chi connectivity index (χ4v) is 0.520. The summed E-state index contributed by atoms with van der Waals surface area (Å²) >= 11 is 0. The van der Waals surface area contributed by atoms with E-state index in [2.05, 4.69) is 0 Å². The lowest BCUT2D eigenvalue weighted by Crippen LogP contribution is -2.15. The Hall–Kier alpha value is -0.240. The molecule has 0 aromatic carbocycles. The van der Waals surface area contributed by atoms with Crippen molar-refractivity contribution in [3.63, 3.8) is 0 Å². The third-order valence-corrected chi connectivity index (χ3v) is 1.38. The first-order valence-corrected chi connectivity index (χ1v) is 5.83. The lowest BCUT2D eigenvalue weighted by Gasteiger charge is -1.96. The van der Waals surface area contributed by atoms with E-state index in [0.29, 0.717) is 6.42 Å². The zero-order valence-electron chi connectivity index (χ0n) is 11.0. The molecule has 0 atom stereocenters. The topological polar surface area (TPSA) is 110 Å². The van der Waals surface area contributed by atoms with Gasteiger partial charge < -0.3 is 30.3 Å². The first kappa shape index (κ1) is 22.0. The maximum absolute atomic E-state index is 8.17. The number of ether oxygens (including phenoxy) is 1. The Balaban J connectivity index is -0.000000174. The molecular formula is C11H28O6. The number of hydrogen-bond donors (Lipinski definition) is 5. The molecule has 0 saturated heterocycles. The monoisotopic (exact) mass is 256 g/mol. The van der Waals surface area contributed by atoms with Crippen LogP contribution in [0.25, 0.3) is 0 Å². The second kappa shape index (κ2) is 21.1. The highest BCUT2D eigenvalue weighted by Gasteiger charge is 1.93. The molecule has 0 saturated carbocycles. The summed E-state index contributed by atoms with van der Waals surface area (Å²) in [4.78, 5) is 0. The van der Waals surface area contributed by atoms with Crippen molar-refractivity contribution in [1.29, 1.82) is 0 Å². The molecule has 0 aromatic rings. The molecule has 0 aliphatic heterocycles. The predicted molar refractivity (Wildman–Crippen MR) is 65.5 cm³/mol. The van der Waals surface area contributed by atoms with Gasteiger partial charge in [-0.25, -0.2) is 0 Å². The van der Waals surface area contributed by atoms with Crippen molar-refractivity contribution in [3.05, 3.63) is 0 Å². The van der Waals surface area contributed by atoms with E-state index in [9.17, 15) is 0 Å². The van der Waals surface area contributed by atoms with Crippen LogP contribution < -0.4 is 0 Å². The summed E-state index contributed by atoms with van der Waals surface area (Å²) in [6.07, 6.45) is -0.738. The normalized spacial score (nSPS) is 9.53. The molecule has 6 heteroatoms. The van der Waals surface area contributed by atoms with E-state index in [-0.39, 0.29) is 13.2 Å². The average molecular weight is 256 g/mol. The van der Waals surface area contributed by atoms with Crippen molar-refractivity contribution in [2.75, 3.05) is 26.4 Å². The largest absolute Gasteiger partial charge is 0.394 e. The molecule has 0 unspecified atom stereocenters. The maximum Gasteiger partial charge on any atom is 0.151 e. The fourth-order valence-electron chi connectivity index (χ4n) is 0.520. The minimum atomic E-state index is -1.10. The number of rotatable bonds is 6. The van der Waals surface area contributed by atoms with Crippen molar-refractivity contribution < 1.29 is 30.3 Å². The van der Waals surface area contributed by atoms with Crippen LogP contribution >= 0.6 is 0 Å². The SMILES string of the molecule is CCCC(O)O.CCOCC.OCC(O)CO. The second-order valence-electron chi connectivity index (χ2n) is 3.07. The minimum absolute atomic E-state index is 0.365. The molecule has 0 bridgehead atoms. The van der Waals surface area contributed by atoms with Crippen LogP contribution in [0.2, 0.25) is 0 Å². The van der Waals surface area contributed by atoms with Crippen molar-refractivity contribution in [2.24, 2.45) is 0 Å². The fraction of sp³-hybridized carbons (Fsp3) is 1.00. The Kier molecular flexibility index (Phi) is 27.3. The van der Waals surface area contributed by atoms with Gasteiger partial charge in [0, 0.05) is 13.2 Å². The third kappa shape index (κ3) is 38.9. The van der Waals surface area contributed by atoms with Crippen LogP contribution in [0.15, 0.2) is 0 Å². The van der Waals surface area contributed by atoms with Gasteiger partial charge in [-0.1, -0.05) is 13.3 Å². The van der Waals surface area contributed by atoms with Crippen molar-refractivity contribution in [2.45, 2.75) is 46.0 Å². The number of aliphatic hydroxyl groups excluding tert-OH is 4. The van der Waals surface area contributed by atoms with E-state index >= 15 is 0 Å². The summed E-state index contributed by atoms with van der Waals surface area (Å²) in [5.74, 6) is 0. The lowest BCUT2D eigenvalue weighted by molar-refractivity contribution is -0.0453. The van der Waals surface area contributed by atoms with Gasteiger partial charge >= 0.3 is 0 Å². The zero-order valence-corrected chi connectivity index (χ0v) is 11.0. The molecular weight excluding hydrogens is 228 g/mol. The van der Waals surface area contributed by atoms with Gasteiger partial charge in [-0.3, -0.25) is 0 Å². The van der Waals surface area contributed by atoms with E-state index < -0.39 is 12.4 Å². The molecule has 0 amide bonds. The summed E-state index contributed by atoms with van der Waals surface area (Å²) in [6.45, 7) is 6.84. The molecule has 108 valence electrons. The number of aliphatic hydroxyl groups is 5. The molecule has 17 heavy (non-hydrogen) atoms. The Morgan fingerprint density at radius 3 is 1.29 bits per heavy atom. The Bertz CT molecular complexity index is 104. The quantitative estimate of drug-likeness (QED) is 0.409. The van der Waals surface area contributed by atoms with Crippen molar-refractivity contribution in [1.82, 2.24) is 0 Å². The van der Waals surface area contributed by atoms with Crippen LogP contribution in [0.3, 0.4) is 0 Å². The molecule has 0 aromatic heterocycles. The van der Waals surface area contributed by atoms with E-state index in [1.807, 2.05) is 20.8 Å². The second-order valence-corrected chi connectivity index (χ2v) is 3.07. The summed E-state index contributed by atoms with van der Waals surface area (Å²) in [5.41, 5.74) is 0. The van der Waals surface area contributed by atoms with Crippen LogP contribution in [0, 0.1) is 0 Å². The van der Waals surface area contributed by atoms with Gasteiger partial charge in [0.15, 0.2) is 6.29 Å². The molecule has 6 nitrogen and oxygen atoms in total. The Labute approximate surface area is 103 Å². The van der Waals surface area contributed by atoms with E-state index in [1.165, 1.54) is 0 Å². The molecule has 0 aliphatic carbocycles. The van der Waals surface area contributed by atoms with Crippen LogP contribution in [-0.4, -0.2) is 64.4 Å². The minimum Gasteiger partial charge on any atom is -0.394 e. The van der Waals surface area contributed by atoms with Gasteiger partial charge in [0.05, 0.1) is 13.2 Å². The summed E-state index contributed by atoms with van der Waals surface area (Å²) < 4.78 is 4.83. The molecule has 0 heterocycles. The van der Waals surface area contributed by atoms with Crippen molar-refractivity contribution >= 4 is 0 Å². The van der Waals surface area contributed by atoms with Crippen LogP contribution in [0.1, 0.15) is 33.6 Å². The lowest BCUT2D eigenvalue weighted by atomic mass is 10.3. The first-order valence-electron chi connectivity index (χ1n) is 5.83. The highest BCUT2D eigenvalue weighted by Crippen LogP contribution is 1.88. The Morgan fingerprint density at radius 2 is 1.29 bits per heavy atom. The summed E-state index contributed by atoms with van der Waals surface area (Å²) in [7, 11) is 0. The van der Waals surface area contributed by atoms with Gasteiger partial charge in [0.2, 0.25) is 0 Å². The highest BCUT2D eigenvalue weighted by molar-refractivity contribution is 4.44. The van der Waals surface area contributed by atoms with Crippen molar-refractivity contribution in [3.8, 4) is 0 Å². The van der Waals surface area contributed by atoms with E-state index in [1.54, 1.807) is 0 Å². The molecule has 0 fully saturated rings. The zero-order chi connectivity index (χ0) is 14.1. The molecule has 0 spiro atoms. The van der Waals surface area contributed by atoms with Gasteiger partial charge in [0.1, 0.15) is 6.10 Å². The summed E-state index contributed by atoms with van der Waals surface area (Å²) in [5, 5.41) is 40.2. The molecule has 0 radical (unpaired) electrons. The summed E-state index contributed by atoms with van der Waals surface area (Å²) in [6, 6.07) is 0. The van der Waals surface area contributed by atoms with Gasteiger partial charge in [-0.05, 0) is 20.3 Å². The molecule has 0 rings (SSSR count). The predicted octanol–water partition coefficient (Wildman–Crippen LogP) is -0.528. The Morgan fingerprint density at radius 1 is 0.882 bits per heavy atom. The van der Waals surface area contributed by atoms with E-state index in [0.717, 1.165) is 19.6 Å². The third-order valence-electron chi connectivity index (χ3n) is 1.38. The average Bonchev–Trinajstić information content (AvgIpc) is 2.30. The molecule has 5 N–H and O–H groups in total.